The Morgan fingerprint density at radius 2 is 2.20 bits per heavy atom. The molecule has 82 valence electrons. The van der Waals surface area contributed by atoms with Gasteiger partial charge in [-0.05, 0) is 25.5 Å². The first-order chi connectivity index (χ1) is 7.33. The van der Waals surface area contributed by atoms with Gasteiger partial charge in [0.05, 0.1) is 0 Å². The van der Waals surface area contributed by atoms with E-state index in [2.05, 4.69) is 0 Å². The van der Waals surface area contributed by atoms with E-state index >= 15 is 0 Å². The molecule has 0 amide bonds. The van der Waals surface area contributed by atoms with Crippen molar-refractivity contribution >= 4 is 0 Å². The van der Waals surface area contributed by atoms with Gasteiger partial charge in [-0.3, -0.25) is 0 Å². The molecule has 4 heteroatoms. The van der Waals surface area contributed by atoms with Gasteiger partial charge < -0.3 is 20.9 Å². The summed E-state index contributed by atoms with van der Waals surface area (Å²) in [7, 11) is 0. The number of benzene rings is 1. The topological polar surface area (TPSA) is 70.5 Å². The van der Waals surface area contributed by atoms with Crippen molar-refractivity contribution in [1.29, 1.82) is 0 Å². The summed E-state index contributed by atoms with van der Waals surface area (Å²) in [4.78, 5) is 0. The van der Waals surface area contributed by atoms with E-state index in [0.29, 0.717) is 6.54 Å². The molecule has 0 bridgehead atoms. The molecule has 0 fully saturated rings. The van der Waals surface area contributed by atoms with E-state index < -0.39 is 0 Å². The van der Waals surface area contributed by atoms with Crippen LogP contribution in [0.25, 0.3) is 0 Å². The van der Waals surface area contributed by atoms with Crippen LogP contribution in [0.1, 0.15) is 24.4 Å². The van der Waals surface area contributed by atoms with Gasteiger partial charge in [-0.15, -0.1) is 0 Å². The minimum absolute atomic E-state index is 0.0230. The summed E-state index contributed by atoms with van der Waals surface area (Å²) in [6.45, 7) is 0.954. The summed E-state index contributed by atoms with van der Waals surface area (Å²) in [5.41, 5.74) is 12.5. The van der Waals surface area contributed by atoms with E-state index in [0.717, 1.165) is 29.9 Å². The molecule has 0 aliphatic carbocycles. The van der Waals surface area contributed by atoms with E-state index in [-0.39, 0.29) is 12.8 Å². The van der Waals surface area contributed by atoms with Gasteiger partial charge in [0.2, 0.25) is 6.79 Å². The Balaban J connectivity index is 2.17. The molecule has 1 aliphatic heterocycles. The lowest BCUT2D eigenvalue weighted by Gasteiger charge is -2.13. The van der Waals surface area contributed by atoms with Crippen LogP contribution in [-0.4, -0.2) is 13.3 Å². The summed E-state index contributed by atoms with van der Waals surface area (Å²) in [6.07, 6.45) is 1.79. The number of nitrogens with two attached hydrogens (primary N) is 2. The maximum atomic E-state index is 6.06. The number of rotatable bonds is 4. The van der Waals surface area contributed by atoms with Crippen LogP contribution >= 0.6 is 0 Å². The Hall–Kier alpha value is -1.26. The van der Waals surface area contributed by atoms with Crippen LogP contribution in [0.15, 0.2) is 18.2 Å². The Labute approximate surface area is 89.2 Å². The summed E-state index contributed by atoms with van der Waals surface area (Å²) in [6, 6.07) is 5.78. The van der Waals surface area contributed by atoms with E-state index in [1.807, 2.05) is 18.2 Å². The number of ether oxygens (including phenoxy) is 2. The highest BCUT2D eigenvalue weighted by molar-refractivity contribution is 5.49. The second-order valence-electron chi connectivity index (χ2n) is 3.62. The maximum absolute atomic E-state index is 6.06. The second-order valence-corrected chi connectivity index (χ2v) is 3.62. The van der Waals surface area contributed by atoms with E-state index in [4.69, 9.17) is 20.9 Å². The van der Waals surface area contributed by atoms with Crippen molar-refractivity contribution < 1.29 is 9.47 Å². The predicted molar refractivity (Wildman–Crippen MR) is 57.8 cm³/mol. The highest BCUT2D eigenvalue weighted by atomic mass is 16.7. The average Bonchev–Trinajstić information content (AvgIpc) is 2.73. The number of fused-ring (bicyclic) bond motifs is 1. The molecule has 0 saturated heterocycles. The molecule has 1 aromatic carbocycles. The summed E-state index contributed by atoms with van der Waals surface area (Å²) >= 11 is 0. The highest BCUT2D eigenvalue weighted by Crippen LogP contribution is 2.38. The molecular formula is C11H16N2O2. The van der Waals surface area contributed by atoms with E-state index in [9.17, 15) is 0 Å². The van der Waals surface area contributed by atoms with Crippen molar-refractivity contribution in [1.82, 2.24) is 0 Å². The van der Waals surface area contributed by atoms with Crippen LogP contribution < -0.4 is 20.9 Å². The van der Waals surface area contributed by atoms with Gasteiger partial charge in [-0.25, -0.2) is 0 Å². The Morgan fingerprint density at radius 3 is 3.00 bits per heavy atom. The zero-order valence-corrected chi connectivity index (χ0v) is 8.61. The predicted octanol–water partition coefficient (Wildman–Crippen LogP) is 1.15. The molecule has 1 aliphatic rings. The second kappa shape index (κ2) is 4.51. The minimum Gasteiger partial charge on any atom is -0.454 e. The van der Waals surface area contributed by atoms with Gasteiger partial charge in [-0.1, -0.05) is 12.1 Å². The molecule has 15 heavy (non-hydrogen) atoms. The first kappa shape index (κ1) is 10.3. The van der Waals surface area contributed by atoms with E-state index in [1.165, 1.54) is 0 Å². The van der Waals surface area contributed by atoms with Crippen LogP contribution in [0.3, 0.4) is 0 Å². The lowest BCUT2D eigenvalue weighted by Crippen LogP contribution is -2.13. The van der Waals surface area contributed by atoms with Crippen LogP contribution in [0.4, 0.5) is 0 Å². The Kier molecular flexibility index (Phi) is 3.08. The summed E-state index contributed by atoms with van der Waals surface area (Å²) in [5, 5.41) is 0. The third-order valence-electron chi connectivity index (χ3n) is 2.55. The fraction of sp³-hybridized carbons (Fsp3) is 0.455. The van der Waals surface area contributed by atoms with Crippen molar-refractivity contribution in [3.8, 4) is 11.5 Å². The van der Waals surface area contributed by atoms with Crippen molar-refractivity contribution in [2.45, 2.75) is 18.9 Å². The molecule has 0 unspecified atom stereocenters. The van der Waals surface area contributed by atoms with Gasteiger partial charge in [-0.2, -0.15) is 0 Å². The fourth-order valence-electron chi connectivity index (χ4n) is 1.74. The molecule has 4 N–H and O–H groups in total. The molecule has 0 saturated carbocycles. The minimum atomic E-state index is -0.0230. The van der Waals surface area contributed by atoms with Gasteiger partial charge in [0.1, 0.15) is 0 Å². The van der Waals surface area contributed by atoms with Gasteiger partial charge >= 0.3 is 0 Å². The van der Waals surface area contributed by atoms with Crippen LogP contribution in [0.5, 0.6) is 11.5 Å². The molecule has 2 rings (SSSR count). The fourth-order valence-corrected chi connectivity index (χ4v) is 1.74. The van der Waals surface area contributed by atoms with E-state index in [1.54, 1.807) is 0 Å². The van der Waals surface area contributed by atoms with Gasteiger partial charge in [0.15, 0.2) is 11.5 Å². The average molecular weight is 208 g/mol. The van der Waals surface area contributed by atoms with Crippen molar-refractivity contribution in [2.24, 2.45) is 11.5 Å². The number of para-hydroxylation sites is 1. The van der Waals surface area contributed by atoms with Crippen molar-refractivity contribution in [3.05, 3.63) is 23.8 Å². The normalized spacial score (nSPS) is 15.3. The molecule has 1 heterocycles. The molecule has 1 atom stereocenters. The maximum Gasteiger partial charge on any atom is 0.231 e. The largest absolute Gasteiger partial charge is 0.454 e. The molecule has 4 nitrogen and oxygen atoms in total. The molecule has 1 aromatic rings. The summed E-state index contributed by atoms with van der Waals surface area (Å²) in [5.74, 6) is 1.58. The zero-order valence-electron chi connectivity index (χ0n) is 8.61. The van der Waals surface area contributed by atoms with Crippen molar-refractivity contribution in [3.63, 3.8) is 0 Å². The summed E-state index contributed by atoms with van der Waals surface area (Å²) < 4.78 is 10.7. The quantitative estimate of drug-likeness (QED) is 0.778. The van der Waals surface area contributed by atoms with Gasteiger partial charge in [0.25, 0.3) is 0 Å². The smallest absolute Gasteiger partial charge is 0.231 e. The SMILES string of the molecule is NCCC[C@H](N)c1cccc2c1OCO2. The number of hydrogen-bond donors (Lipinski definition) is 2. The zero-order chi connectivity index (χ0) is 10.7. The first-order valence-electron chi connectivity index (χ1n) is 5.17. The Bertz CT molecular complexity index is 341. The molecule has 0 spiro atoms. The van der Waals surface area contributed by atoms with Gasteiger partial charge in [0, 0.05) is 11.6 Å². The monoisotopic (exact) mass is 208 g/mol. The first-order valence-corrected chi connectivity index (χ1v) is 5.17. The standard InChI is InChI=1S/C11H16N2O2/c12-6-2-4-9(13)8-3-1-5-10-11(8)15-7-14-10/h1,3,5,9H,2,4,6-7,12-13H2/t9-/m0/s1. The van der Waals surface area contributed by atoms with Crippen LogP contribution in [0.2, 0.25) is 0 Å². The van der Waals surface area contributed by atoms with Crippen LogP contribution in [-0.2, 0) is 0 Å². The number of hydrogen-bond acceptors (Lipinski definition) is 4. The lowest BCUT2D eigenvalue weighted by molar-refractivity contribution is 0.173. The third-order valence-corrected chi connectivity index (χ3v) is 2.55. The molecular weight excluding hydrogens is 192 g/mol. The molecule has 0 aromatic heterocycles. The molecule has 0 radical (unpaired) electrons. The van der Waals surface area contributed by atoms with Crippen LogP contribution in [0, 0.1) is 0 Å². The highest BCUT2D eigenvalue weighted by Gasteiger charge is 2.20. The third kappa shape index (κ3) is 2.06. The lowest BCUT2D eigenvalue weighted by atomic mass is 10.0. The Morgan fingerprint density at radius 1 is 1.33 bits per heavy atom. The van der Waals surface area contributed by atoms with Crippen molar-refractivity contribution in [2.75, 3.05) is 13.3 Å².